The summed E-state index contributed by atoms with van der Waals surface area (Å²) in [5.74, 6) is 2.88. The van der Waals surface area contributed by atoms with E-state index in [-0.39, 0.29) is 11.3 Å². The minimum Gasteiger partial charge on any atom is -0.468 e. The van der Waals surface area contributed by atoms with Gasteiger partial charge < -0.3 is 10.2 Å². The molecule has 0 aromatic carbocycles. The molecule has 0 aliphatic rings. The predicted octanol–water partition coefficient (Wildman–Crippen LogP) is 3.45. The summed E-state index contributed by atoms with van der Waals surface area (Å²) in [6.07, 6.45) is 2.94. The summed E-state index contributed by atoms with van der Waals surface area (Å²) in [5, 5.41) is 0.286. The molecule has 0 radical (unpaired) electrons. The molecule has 0 amide bonds. The third-order valence-electron chi connectivity index (χ3n) is 2.56. The molecule has 3 unspecified atom stereocenters. The quantitative estimate of drug-likeness (QED) is 0.809. The Morgan fingerprint density at radius 1 is 1.47 bits per heavy atom. The van der Waals surface area contributed by atoms with E-state index in [2.05, 4.69) is 13.8 Å². The zero-order chi connectivity index (χ0) is 11.3. The smallest absolute Gasteiger partial charge is 0.118 e. The molecule has 1 aromatic heterocycles. The largest absolute Gasteiger partial charge is 0.468 e. The lowest BCUT2D eigenvalue weighted by molar-refractivity contribution is 0.486. The zero-order valence-corrected chi connectivity index (χ0v) is 10.6. The highest BCUT2D eigenvalue weighted by atomic mass is 32.2. The van der Waals surface area contributed by atoms with E-state index in [9.17, 15) is 0 Å². The monoisotopic (exact) mass is 227 g/mol. The van der Waals surface area contributed by atoms with Crippen molar-refractivity contribution in [2.24, 2.45) is 11.7 Å². The van der Waals surface area contributed by atoms with Crippen LogP contribution in [0.4, 0.5) is 0 Å². The van der Waals surface area contributed by atoms with Gasteiger partial charge in [0.25, 0.3) is 0 Å². The number of nitrogens with two attached hydrogens (primary N) is 1. The van der Waals surface area contributed by atoms with Crippen LogP contribution in [0.15, 0.2) is 22.8 Å². The molecule has 0 aliphatic heterocycles. The Morgan fingerprint density at radius 3 is 2.67 bits per heavy atom. The Labute approximate surface area is 96.6 Å². The Hall–Kier alpha value is -0.410. The van der Waals surface area contributed by atoms with E-state index >= 15 is 0 Å². The van der Waals surface area contributed by atoms with Gasteiger partial charge in [0.2, 0.25) is 0 Å². The predicted molar refractivity (Wildman–Crippen MR) is 67.0 cm³/mol. The molecular weight excluding hydrogens is 206 g/mol. The van der Waals surface area contributed by atoms with E-state index in [0.717, 1.165) is 17.4 Å². The Bertz CT molecular complexity index is 259. The van der Waals surface area contributed by atoms with Crippen LogP contribution in [-0.2, 0) is 0 Å². The molecule has 0 fully saturated rings. The van der Waals surface area contributed by atoms with Crippen LogP contribution in [0.25, 0.3) is 0 Å². The SMILES string of the molecule is CCC(C)CSC(c1ccco1)C(C)N. The van der Waals surface area contributed by atoms with Gasteiger partial charge in [-0.25, -0.2) is 0 Å². The first-order valence-corrected chi connectivity index (χ1v) is 6.60. The standard InChI is InChI=1S/C12H21NOS/c1-4-9(2)8-15-12(10(3)13)11-6-5-7-14-11/h5-7,9-10,12H,4,8,13H2,1-3H3. The van der Waals surface area contributed by atoms with Gasteiger partial charge in [-0.15, -0.1) is 11.8 Å². The summed E-state index contributed by atoms with van der Waals surface area (Å²) in [5.41, 5.74) is 5.97. The van der Waals surface area contributed by atoms with Crippen molar-refractivity contribution in [2.75, 3.05) is 5.75 Å². The maximum absolute atomic E-state index is 5.97. The minimum absolute atomic E-state index is 0.130. The Kier molecular flexibility index (Phi) is 5.26. The van der Waals surface area contributed by atoms with Gasteiger partial charge in [0.05, 0.1) is 11.5 Å². The topological polar surface area (TPSA) is 39.2 Å². The number of thioether (sulfide) groups is 1. The van der Waals surface area contributed by atoms with Crippen LogP contribution in [0.2, 0.25) is 0 Å². The Balaban J connectivity index is 2.53. The maximum Gasteiger partial charge on any atom is 0.118 e. The molecule has 0 aliphatic carbocycles. The molecule has 1 heterocycles. The second-order valence-electron chi connectivity index (χ2n) is 4.14. The lowest BCUT2D eigenvalue weighted by Gasteiger charge is -2.19. The van der Waals surface area contributed by atoms with Gasteiger partial charge in [-0.1, -0.05) is 20.3 Å². The number of hydrogen-bond donors (Lipinski definition) is 1. The van der Waals surface area contributed by atoms with Gasteiger partial charge in [-0.05, 0) is 30.7 Å². The normalized spacial score (nSPS) is 17.3. The molecule has 3 heteroatoms. The number of rotatable bonds is 6. The van der Waals surface area contributed by atoms with Crippen molar-refractivity contribution >= 4 is 11.8 Å². The third kappa shape index (κ3) is 3.92. The fourth-order valence-corrected chi connectivity index (χ4v) is 2.71. The molecule has 0 bridgehead atoms. The summed E-state index contributed by atoms with van der Waals surface area (Å²) in [4.78, 5) is 0. The molecule has 1 rings (SSSR count). The third-order valence-corrected chi connectivity index (χ3v) is 4.34. The van der Waals surface area contributed by atoms with Crippen LogP contribution >= 0.6 is 11.8 Å². The first kappa shape index (κ1) is 12.7. The lowest BCUT2D eigenvalue weighted by atomic mass is 10.2. The van der Waals surface area contributed by atoms with Crippen molar-refractivity contribution in [1.29, 1.82) is 0 Å². The second-order valence-corrected chi connectivity index (χ2v) is 5.32. The van der Waals surface area contributed by atoms with E-state index < -0.39 is 0 Å². The summed E-state index contributed by atoms with van der Waals surface area (Å²) >= 11 is 1.90. The van der Waals surface area contributed by atoms with Gasteiger partial charge in [-0.3, -0.25) is 0 Å². The second kappa shape index (κ2) is 6.23. The molecule has 3 atom stereocenters. The van der Waals surface area contributed by atoms with Crippen LogP contribution < -0.4 is 5.73 Å². The summed E-state index contributed by atoms with van der Waals surface area (Å²) in [6, 6.07) is 4.07. The molecule has 2 nitrogen and oxygen atoms in total. The van der Waals surface area contributed by atoms with Crippen LogP contribution in [0.3, 0.4) is 0 Å². The van der Waals surface area contributed by atoms with Crippen molar-refractivity contribution in [3.05, 3.63) is 24.2 Å². The Morgan fingerprint density at radius 2 is 2.20 bits per heavy atom. The molecule has 0 saturated heterocycles. The highest BCUT2D eigenvalue weighted by Gasteiger charge is 2.19. The highest BCUT2D eigenvalue weighted by Crippen LogP contribution is 2.33. The van der Waals surface area contributed by atoms with Crippen molar-refractivity contribution in [3.63, 3.8) is 0 Å². The zero-order valence-electron chi connectivity index (χ0n) is 9.77. The fraction of sp³-hybridized carbons (Fsp3) is 0.667. The van der Waals surface area contributed by atoms with E-state index in [1.54, 1.807) is 6.26 Å². The van der Waals surface area contributed by atoms with E-state index in [1.165, 1.54) is 6.42 Å². The molecule has 15 heavy (non-hydrogen) atoms. The molecule has 2 N–H and O–H groups in total. The van der Waals surface area contributed by atoms with E-state index in [1.807, 2.05) is 30.8 Å². The maximum atomic E-state index is 5.97. The molecule has 0 saturated carbocycles. The average Bonchev–Trinajstić information content (AvgIpc) is 2.70. The van der Waals surface area contributed by atoms with Gasteiger partial charge >= 0.3 is 0 Å². The highest BCUT2D eigenvalue weighted by molar-refractivity contribution is 7.99. The van der Waals surface area contributed by atoms with Crippen molar-refractivity contribution in [1.82, 2.24) is 0 Å². The molecule has 86 valence electrons. The van der Waals surface area contributed by atoms with Gasteiger partial charge in [0, 0.05) is 6.04 Å². The van der Waals surface area contributed by atoms with Crippen molar-refractivity contribution in [2.45, 2.75) is 38.5 Å². The first-order chi connectivity index (χ1) is 7.15. The van der Waals surface area contributed by atoms with Crippen molar-refractivity contribution < 1.29 is 4.42 Å². The molecular formula is C12H21NOS. The van der Waals surface area contributed by atoms with Crippen molar-refractivity contribution in [3.8, 4) is 0 Å². The first-order valence-electron chi connectivity index (χ1n) is 5.55. The van der Waals surface area contributed by atoms with Crippen LogP contribution in [0, 0.1) is 5.92 Å². The summed E-state index contributed by atoms with van der Waals surface area (Å²) in [6.45, 7) is 6.53. The van der Waals surface area contributed by atoms with E-state index in [0.29, 0.717) is 0 Å². The minimum atomic E-state index is 0.130. The summed E-state index contributed by atoms with van der Waals surface area (Å²) in [7, 11) is 0. The van der Waals surface area contributed by atoms with Crippen LogP contribution in [-0.4, -0.2) is 11.8 Å². The van der Waals surface area contributed by atoms with Gasteiger partial charge in [-0.2, -0.15) is 0 Å². The average molecular weight is 227 g/mol. The molecule has 0 spiro atoms. The van der Waals surface area contributed by atoms with Gasteiger partial charge in [0.1, 0.15) is 5.76 Å². The lowest BCUT2D eigenvalue weighted by Crippen LogP contribution is -2.23. The molecule has 1 aromatic rings. The van der Waals surface area contributed by atoms with Gasteiger partial charge in [0.15, 0.2) is 0 Å². The fourth-order valence-electron chi connectivity index (χ4n) is 1.33. The number of hydrogen-bond acceptors (Lipinski definition) is 3. The van der Waals surface area contributed by atoms with Crippen LogP contribution in [0.1, 0.15) is 38.2 Å². The number of furan rings is 1. The van der Waals surface area contributed by atoms with Crippen LogP contribution in [0.5, 0.6) is 0 Å². The summed E-state index contributed by atoms with van der Waals surface area (Å²) < 4.78 is 5.42. The van der Waals surface area contributed by atoms with E-state index in [4.69, 9.17) is 10.2 Å².